The predicted molar refractivity (Wildman–Crippen MR) is 72.8 cm³/mol. The van der Waals surface area contributed by atoms with Gasteiger partial charge in [-0.2, -0.15) is 0 Å². The van der Waals surface area contributed by atoms with E-state index in [1.54, 1.807) is 0 Å². The van der Waals surface area contributed by atoms with Gasteiger partial charge in [0.2, 0.25) is 0 Å². The normalized spacial score (nSPS) is 10.5. The van der Waals surface area contributed by atoms with Crippen molar-refractivity contribution in [2.24, 2.45) is 0 Å². The van der Waals surface area contributed by atoms with Crippen LogP contribution in [0, 0.1) is 13.8 Å². The van der Waals surface area contributed by atoms with Gasteiger partial charge in [0.15, 0.2) is 0 Å². The van der Waals surface area contributed by atoms with Crippen LogP contribution in [0.5, 0.6) is 0 Å². The molecule has 17 heavy (non-hydrogen) atoms. The van der Waals surface area contributed by atoms with E-state index in [2.05, 4.69) is 35.5 Å². The van der Waals surface area contributed by atoms with Crippen molar-refractivity contribution < 1.29 is 5.11 Å². The van der Waals surface area contributed by atoms with Crippen LogP contribution in [0.4, 0.5) is 0 Å². The molecule has 4 heteroatoms. The van der Waals surface area contributed by atoms with Crippen molar-refractivity contribution in [3.63, 3.8) is 0 Å². The minimum Gasteiger partial charge on any atom is -0.396 e. The molecule has 0 bridgehead atoms. The van der Waals surface area contributed by atoms with E-state index in [-0.39, 0.29) is 19.0 Å². The maximum absolute atomic E-state index is 8.76. The average Bonchev–Trinajstić information content (AvgIpc) is 2.63. The smallest absolute Gasteiger partial charge is 0.0958 e. The molecule has 1 aromatic heterocycles. The molecule has 2 aromatic rings. The molecule has 0 unspecified atom stereocenters. The van der Waals surface area contributed by atoms with E-state index in [9.17, 15) is 0 Å². The predicted octanol–water partition coefficient (Wildman–Crippen LogP) is 2.85. The fourth-order valence-electron chi connectivity index (χ4n) is 1.89. The van der Waals surface area contributed by atoms with Crippen LogP contribution in [0.1, 0.15) is 24.0 Å². The van der Waals surface area contributed by atoms with Gasteiger partial charge in [-0.05, 0) is 49.9 Å². The first-order valence-electron chi connectivity index (χ1n) is 5.75. The Morgan fingerprint density at radius 1 is 1.18 bits per heavy atom. The van der Waals surface area contributed by atoms with Crippen molar-refractivity contribution in [1.29, 1.82) is 0 Å². The van der Waals surface area contributed by atoms with Crippen LogP contribution < -0.4 is 0 Å². The first-order chi connectivity index (χ1) is 7.72. The lowest BCUT2D eigenvalue weighted by atomic mass is 10.1. The van der Waals surface area contributed by atoms with Gasteiger partial charge >= 0.3 is 0 Å². The molecule has 2 rings (SSSR count). The number of aliphatic hydroxyl groups is 1. The van der Waals surface area contributed by atoms with Crippen molar-refractivity contribution >= 4 is 23.4 Å². The van der Waals surface area contributed by atoms with Crippen LogP contribution >= 0.6 is 12.4 Å². The number of benzene rings is 1. The largest absolute Gasteiger partial charge is 0.396 e. The maximum atomic E-state index is 8.76. The zero-order valence-corrected chi connectivity index (χ0v) is 11.1. The van der Waals surface area contributed by atoms with Gasteiger partial charge in [0.25, 0.3) is 0 Å². The highest BCUT2D eigenvalue weighted by atomic mass is 35.5. The number of hydrogen-bond donors (Lipinski definition) is 1. The Hall–Kier alpha value is -1.06. The van der Waals surface area contributed by atoms with Gasteiger partial charge in [0.05, 0.1) is 17.4 Å². The van der Waals surface area contributed by atoms with Gasteiger partial charge in [0.1, 0.15) is 0 Å². The highest BCUT2D eigenvalue weighted by molar-refractivity contribution is 5.85. The molecule has 0 spiro atoms. The molecule has 1 aromatic carbocycles. The lowest BCUT2D eigenvalue weighted by Gasteiger charge is -2.05. The molecule has 1 heterocycles. The molecule has 0 fully saturated rings. The third kappa shape index (κ3) is 2.99. The van der Waals surface area contributed by atoms with Gasteiger partial charge in [-0.3, -0.25) is 0 Å². The zero-order chi connectivity index (χ0) is 11.5. The standard InChI is InChI=1S/C13H18N2O.ClH/c1-10-7-12-13(8-11(10)2)15(9-14-12)5-3-4-6-16;/h7-9,16H,3-6H2,1-2H3;1H. The topological polar surface area (TPSA) is 38.0 Å². The summed E-state index contributed by atoms with van der Waals surface area (Å²) in [5.41, 5.74) is 4.85. The van der Waals surface area contributed by atoms with Crippen LogP contribution in [0.2, 0.25) is 0 Å². The van der Waals surface area contributed by atoms with Gasteiger partial charge < -0.3 is 9.67 Å². The van der Waals surface area contributed by atoms with E-state index in [1.807, 2.05) is 6.33 Å². The number of aromatic nitrogens is 2. The summed E-state index contributed by atoms with van der Waals surface area (Å²) >= 11 is 0. The quantitative estimate of drug-likeness (QED) is 0.852. The number of aliphatic hydroxyl groups excluding tert-OH is 1. The number of fused-ring (bicyclic) bond motifs is 1. The van der Waals surface area contributed by atoms with Crippen LogP contribution in [-0.4, -0.2) is 21.3 Å². The summed E-state index contributed by atoms with van der Waals surface area (Å²) in [4.78, 5) is 4.40. The number of rotatable bonds is 4. The van der Waals surface area contributed by atoms with Gasteiger partial charge in [-0.25, -0.2) is 4.98 Å². The van der Waals surface area contributed by atoms with E-state index in [0.29, 0.717) is 0 Å². The lowest BCUT2D eigenvalue weighted by molar-refractivity contribution is 0.281. The molecule has 0 aliphatic heterocycles. The Balaban J connectivity index is 0.00000144. The number of imidazole rings is 1. The van der Waals surface area contributed by atoms with Crippen LogP contribution in [-0.2, 0) is 6.54 Å². The molecule has 1 N–H and O–H groups in total. The molecular formula is C13H19ClN2O. The number of nitrogens with zero attached hydrogens (tertiary/aromatic N) is 2. The SMILES string of the molecule is Cc1cc2ncn(CCCCO)c2cc1C.Cl. The minimum absolute atomic E-state index is 0. The summed E-state index contributed by atoms with van der Waals surface area (Å²) in [6, 6.07) is 4.32. The first kappa shape index (κ1) is 14.0. The van der Waals surface area contributed by atoms with Gasteiger partial charge in [-0.1, -0.05) is 0 Å². The number of unbranched alkanes of at least 4 members (excludes halogenated alkanes) is 1. The molecule has 0 aliphatic carbocycles. The first-order valence-corrected chi connectivity index (χ1v) is 5.75. The van der Waals surface area contributed by atoms with E-state index in [4.69, 9.17) is 5.11 Å². The Morgan fingerprint density at radius 2 is 1.88 bits per heavy atom. The molecule has 0 atom stereocenters. The minimum atomic E-state index is 0. The average molecular weight is 255 g/mol. The highest BCUT2D eigenvalue weighted by Crippen LogP contribution is 2.18. The summed E-state index contributed by atoms with van der Waals surface area (Å²) in [6.07, 6.45) is 3.74. The van der Waals surface area contributed by atoms with Crippen molar-refractivity contribution in [2.45, 2.75) is 33.2 Å². The molecular weight excluding hydrogens is 236 g/mol. The number of halogens is 1. The Kier molecular flexibility index (Phi) is 4.97. The van der Waals surface area contributed by atoms with E-state index in [0.717, 1.165) is 24.9 Å². The van der Waals surface area contributed by atoms with Crippen LogP contribution in [0.3, 0.4) is 0 Å². The van der Waals surface area contributed by atoms with Crippen LogP contribution in [0.25, 0.3) is 11.0 Å². The second kappa shape index (κ2) is 6.03. The zero-order valence-electron chi connectivity index (χ0n) is 10.3. The molecule has 0 saturated heterocycles. The second-order valence-corrected chi connectivity index (χ2v) is 4.29. The molecule has 0 aliphatic rings. The van der Waals surface area contributed by atoms with Gasteiger partial charge in [-0.15, -0.1) is 12.4 Å². The van der Waals surface area contributed by atoms with Crippen LogP contribution in [0.15, 0.2) is 18.5 Å². The van der Waals surface area contributed by atoms with E-state index >= 15 is 0 Å². The Labute approximate surface area is 108 Å². The monoisotopic (exact) mass is 254 g/mol. The van der Waals surface area contributed by atoms with E-state index in [1.165, 1.54) is 16.6 Å². The number of hydrogen-bond acceptors (Lipinski definition) is 2. The summed E-state index contributed by atoms with van der Waals surface area (Å²) in [6.45, 7) is 5.43. The molecule has 94 valence electrons. The summed E-state index contributed by atoms with van der Waals surface area (Å²) < 4.78 is 2.16. The fraction of sp³-hybridized carbons (Fsp3) is 0.462. The van der Waals surface area contributed by atoms with Crippen molar-refractivity contribution in [1.82, 2.24) is 9.55 Å². The molecule has 0 radical (unpaired) electrons. The lowest BCUT2D eigenvalue weighted by Crippen LogP contribution is -1.97. The Morgan fingerprint density at radius 3 is 2.59 bits per heavy atom. The van der Waals surface area contributed by atoms with Crippen molar-refractivity contribution in [2.75, 3.05) is 6.61 Å². The summed E-state index contributed by atoms with van der Waals surface area (Å²) in [7, 11) is 0. The third-order valence-electron chi connectivity index (χ3n) is 3.04. The van der Waals surface area contributed by atoms with Gasteiger partial charge in [0, 0.05) is 13.2 Å². The Bertz CT molecular complexity index is 493. The molecule has 0 amide bonds. The second-order valence-electron chi connectivity index (χ2n) is 4.29. The highest BCUT2D eigenvalue weighted by Gasteiger charge is 2.04. The summed E-state index contributed by atoms with van der Waals surface area (Å²) in [5, 5.41) is 8.76. The fourth-order valence-corrected chi connectivity index (χ4v) is 1.89. The van der Waals surface area contributed by atoms with Crippen molar-refractivity contribution in [3.05, 3.63) is 29.6 Å². The van der Waals surface area contributed by atoms with E-state index < -0.39 is 0 Å². The summed E-state index contributed by atoms with van der Waals surface area (Å²) in [5.74, 6) is 0. The third-order valence-corrected chi connectivity index (χ3v) is 3.04. The molecule has 3 nitrogen and oxygen atoms in total. The van der Waals surface area contributed by atoms with Crippen molar-refractivity contribution in [3.8, 4) is 0 Å². The maximum Gasteiger partial charge on any atom is 0.0958 e. The number of aryl methyl sites for hydroxylation is 3. The molecule has 0 saturated carbocycles.